The molecule has 0 radical (unpaired) electrons. The molecule has 0 unspecified atom stereocenters. The van der Waals surface area contributed by atoms with Crippen molar-refractivity contribution in [3.63, 3.8) is 0 Å². The molecule has 152 valence electrons. The first-order valence-electron chi connectivity index (χ1n) is 9.77. The SMILES string of the molecule is COc1ccc(-c2nn(-c3ccccc3)cc2C(=O)Nc2nc3ccccc3[nH]2)cc1. The van der Waals surface area contributed by atoms with Crippen LogP contribution in [0, 0.1) is 0 Å². The number of carbonyl (C=O) groups excluding carboxylic acids is 1. The lowest BCUT2D eigenvalue weighted by molar-refractivity contribution is 0.102. The summed E-state index contributed by atoms with van der Waals surface area (Å²) < 4.78 is 6.95. The summed E-state index contributed by atoms with van der Waals surface area (Å²) in [6.07, 6.45) is 1.73. The standard InChI is InChI=1S/C24H19N5O2/c1-31-18-13-11-16(12-14-18)22-19(15-29(28-22)17-7-3-2-4-8-17)23(30)27-24-25-20-9-5-6-10-21(20)26-24/h2-15H,1H3,(H2,25,26,27,30). The molecule has 7 heteroatoms. The molecule has 5 rings (SSSR count). The Hall–Kier alpha value is -4.39. The Bertz CT molecular complexity index is 1320. The average molecular weight is 409 g/mol. The molecule has 2 aromatic heterocycles. The smallest absolute Gasteiger partial charge is 0.261 e. The summed E-state index contributed by atoms with van der Waals surface area (Å²) in [6.45, 7) is 0. The summed E-state index contributed by atoms with van der Waals surface area (Å²) >= 11 is 0. The fourth-order valence-electron chi connectivity index (χ4n) is 3.40. The van der Waals surface area contributed by atoms with Gasteiger partial charge in [0.05, 0.1) is 29.4 Å². The van der Waals surface area contributed by atoms with E-state index >= 15 is 0 Å². The van der Waals surface area contributed by atoms with Crippen LogP contribution in [0.2, 0.25) is 0 Å². The number of hydrogen-bond donors (Lipinski definition) is 2. The van der Waals surface area contributed by atoms with Crippen molar-refractivity contribution in [3.8, 4) is 22.7 Å². The number of para-hydroxylation sites is 3. The fraction of sp³-hybridized carbons (Fsp3) is 0.0417. The van der Waals surface area contributed by atoms with E-state index < -0.39 is 0 Å². The number of ether oxygens (including phenoxy) is 1. The van der Waals surface area contributed by atoms with Crippen molar-refractivity contribution in [2.24, 2.45) is 0 Å². The van der Waals surface area contributed by atoms with Gasteiger partial charge in [-0.3, -0.25) is 10.1 Å². The maximum Gasteiger partial charge on any atom is 0.261 e. The third kappa shape index (κ3) is 3.64. The van der Waals surface area contributed by atoms with E-state index in [1.807, 2.05) is 78.9 Å². The number of methoxy groups -OCH3 is 1. The van der Waals surface area contributed by atoms with E-state index in [0.29, 0.717) is 17.2 Å². The van der Waals surface area contributed by atoms with Crippen LogP contribution in [-0.4, -0.2) is 32.8 Å². The summed E-state index contributed by atoms with van der Waals surface area (Å²) in [4.78, 5) is 20.8. The first-order valence-corrected chi connectivity index (χ1v) is 9.77. The summed E-state index contributed by atoms with van der Waals surface area (Å²) in [7, 11) is 1.62. The van der Waals surface area contributed by atoms with Crippen molar-refractivity contribution >= 4 is 22.9 Å². The van der Waals surface area contributed by atoms with Crippen LogP contribution in [-0.2, 0) is 0 Å². The van der Waals surface area contributed by atoms with Crippen molar-refractivity contribution in [2.75, 3.05) is 12.4 Å². The van der Waals surface area contributed by atoms with Gasteiger partial charge >= 0.3 is 0 Å². The van der Waals surface area contributed by atoms with Crippen molar-refractivity contribution in [2.45, 2.75) is 0 Å². The van der Waals surface area contributed by atoms with Gasteiger partial charge in [0.15, 0.2) is 0 Å². The number of aromatic nitrogens is 4. The van der Waals surface area contributed by atoms with E-state index in [1.54, 1.807) is 18.0 Å². The van der Waals surface area contributed by atoms with Crippen LogP contribution in [0.25, 0.3) is 28.0 Å². The number of aromatic amines is 1. The summed E-state index contributed by atoms with van der Waals surface area (Å²) in [6, 6.07) is 24.7. The second kappa shape index (κ2) is 7.79. The maximum atomic E-state index is 13.2. The van der Waals surface area contributed by atoms with E-state index in [9.17, 15) is 4.79 Å². The molecule has 0 aliphatic carbocycles. The molecule has 3 aromatic carbocycles. The Morgan fingerprint density at radius 3 is 2.45 bits per heavy atom. The van der Waals surface area contributed by atoms with E-state index in [-0.39, 0.29) is 5.91 Å². The number of anilines is 1. The van der Waals surface area contributed by atoms with Gasteiger partial charge in [0.2, 0.25) is 5.95 Å². The van der Waals surface area contributed by atoms with Crippen LogP contribution in [0.4, 0.5) is 5.95 Å². The van der Waals surface area contributed by atoms with Crippen LogP contribution >= 0.6 is 0 Å². The van der Waals surface area contributed by atoms with Crippen LogP contribution in [0.5, 0.6) is 5.75 Å². The Labute approximate surface area is 178 Å². The molecule has 2 heterocycles. The van der Waals surface area contributed by atoms with Crippen molar-refractivity contribution < 1.29 is 9.53 Å². The first-order chi connectivity index (χ1) is 15.2. The largest absolute Gasteiger partial charge is 0.497 e. The highest BCUT2D eigenvalue weighted by Gasteiger charge is 2.20. The van der Waals surface area contributed by atoms with E-state index in [0.717, 1.165) is 28.0 Å². The minimum Gasteiger partial charge on any atom is -0.497 e. The summed E-state index contributed by atoms with van der Waals surface area (Å²) in [5, 5.41) is 7.56. The normalized spacial score (nSPS) is 10.9. The van der Waals surface area contributed by atoms with Crippen molar-refractivity contribution in [1.82, 2.24) is 19.7 Å². The van der Waals surface area contributed by atoms with E-state index in [1.165, 1.54) is 0 Å². The topological polar surface area (TPSA) is 84.8 Å². The molecule has 7 nitrogen and oxygen atoms in total. The Morgan fingerprint density at radius 1 is 0.968 bits per heavy atom. The van der Waals surface area contributed by atoms with Gasteiger partial charge in [-0.05, 0) is 48.5 Å². The summed E-state index contributed by atoms with van der Waals surface area (Å²) in [5.41, 5.74) is 4.32. The molecular formula is C24H19N5O2. The van der Waals surface area contributed by atoms with Crippen LogP contribution in [0.1, 0.15) is 10.4 Å². The third-order valence-electron chi connectivity index (χ3n) is 4.96. The number of amides is 1. The quantitative estimate of drug-likeness (QED) is 0.442. The number of fused-ring (bicyclic) bond motifs is 1. The number of H-pyrrole nitrogens is 1. The Morgan fingerprint density at radius 2 is 1.71 bits per heavy atom. The van der Waals surface area contributed by atoms with Gasteiger partial charge < -0.3 is 9.72 Å². The number of rotatable bonds is 5. The molecule has 2 N–H and O–H groups in total. The average Bonchev–Trinajstić information content (AvgIpc) is 3.44. The number of carbonyl (C=O) groups is 1. The number of imidazole rings is 1. The van der Waals surface area contributed by atoms with E-state index in [2.05, 4.69) is 15.3 Å². The minimum atomic E-state index is -0.299. The zero-order valence-corrected chi connectivity index (χ0v) is 16.7. The summed E-state index contributed by atoms with van der Waals surface area (Å²) in [5.74, 6) is 0.825. The van der Waals surface area contributed by atoms with Gasteiger partial charge in [0.25, 0.3) is 5.91 Å². The Balaban J connectivity index is 1.54. The monoisotopic (exact) mass is 409 g/mol. The van der Waals surface area contributed by atoms with Crippen molar-refractivity contribution in [3.05, 3.63) is 90.6 Å². The zero-order valence-electron chi connectivity index (χ0n) is 16.7. The minimum absolute atomic E-state index is 0.299. The molecule has 0 saturated carbocycles. The number of nitrogens with zero attached hydrogens (tertiary/aromatic N) is 3. The lowest BCUT2D eigenvalue weighted by atomic mass is 10.1. The van der Waals surface area contributed by atoms with Gasteiger partial charge in [-0.1, -0.05) is 30.3 Å². The third-order valence-corrected chi connectivity index (χ3v) is 4.96. The second-order valence-corrected chi connectivity index (χ2v) is 6.96. The predicted molar refractivity (Wildman–Crippen MR) is 120 cm³/mol. The van der Waals surface area contributed by atoms with Crippen molar-refractivity contribution in [1.29, 1.82) is 0 Å². The van der Waals surface area contributed by atoms with E-state index in [4.69, 9.17) is 9.84 Å². The number of hydrogen-bond acceptors (Lipinski definition) is 4. The molecule has 1 amide bonds. The second-order valence-electron chi connectivity index (χ2n) is 6.96. The Kier molecular flexibility index (Phi) is 4.68. The number of nitrogens with one attached hydrogen (secondary N) is 2. The highest BCUT2D eigenvalue weighted by molar-refractivity contribution is 6.07. The molecule has 0 aliphatic heterocycles. The van der Waals surface area contributed by atoms with Gasteiger partial charge in [-0.2, -0.15) is 5.10 Å². The van der Waals surface area contributed by atoms with Crippen LogP contribution in [0.3, 0.4) is 0 Å². The molecule has 31 heavy (non-hydrogen) atoms. The van der Waals surface area contributed by atoms with Gasteiger partial charge in [0.1, 0.15) is 11.4 Å². The highest BCUT2D eigenvalue weighted by atomic mass is 16.5. The molecule has 0 fully saturated rings. The molecule has 0 aliphatic rings. The molecule has 0 atom stereocenters. The molecule has 0 saturated heterocycles. The van der Waals surface area contributed by atoms with Gasteiger partial charge in [-0.15, -0.1) is 0 Å². The van der Waals surface area contributed by atoms with Gasteiger partial charge in [-0.25, -0.2) is 9.67 Å². The lowest BCUT2D eigenvalue weighted by Gasteiger charge is -2.04. The lowest BCUT2D eigenvalue weighted by Crippen LogP contribution is -2.13. The molecule has 5 aromatic rings. The molecular weight excluding hydrogens is 390 g/mol. The van der Waals surface area contributed by atoms with Gasteiger partial charge in [0, 0.05) is 11.8 Å². The molecule has 0 bridgehead atoms. The number of benzene rings is 3. The van der Waals surface area contributed by atoms with Crippen LogP contribution < -0.4 is 10.1 Å². The predicted octanol–water partition coefficient (Wildman–Crippen LogP) is 4.68. The van der Waals surface area contributed by atoms with Crippen LogP contribution in [0.15, 0.2) is 85.1 Å². The maximum absolute atomic E-state index is 13.2. The first kappa shape index (κ1) is 18.6. The fourth-order valence-corrected chi connectivity index (χ4v) is 3.40. The molecule has 0 spiro atoms. The zero-order chi connectivity index (χ0) is 21.2. The highest BCUT2D eigenvalue weighted by Crippen LogP contribution is 2.26.